The standard InChI is InChI=1S/C8H14N2O5/c9-4(3-11)8(14)15-5-1-2-10-6(5)7(12)13/h4-6,10-11H,1-3,9H2,(H,12,13)/t4-,5?,6-/m0/s1. The molecule has 0 radical (unpaired) electrons. The summed E-state index contributed by atoms with van der Waals surface area (Å²) in [5.74, 6) is -1.85. The monoisotopic (exact) mass is 218 g/mol. The van der Waals surface area contributed by atoms with Gasteiger partial charge < -0.3 is 26.0 Å². The van der Waals surface area contributed by atoms with Crippen LogP contribution in [0.1, 0.15) is 6.42 Å². The summed E-state index contributed by atoms with van der Waals surface area (Å²) in [6.45, 7) is -0.0417. The first-order valence-corrected chi connectivity index (χ1v) is 4.59. The first kappa shape index (κ1) is 11.9. The summed E-state index contributed by atoms with van der Waals surface area (Å²) in [5.41, 5.74) is 5.22. The Bertz CT molecular complexity index is 257. The summed E-state index contributed by atoms with van der Waals surface area (Å²) < 4.78 is 4.87. The number of carboxylic acid groups (broad SMARTS) is 1. The van der Waals surface area contributed by atoms with E-state index in [0.29, 0.717) is 13.0 Å². The van der Waals surface area contributed by atoms with E-state index in [4.69, 9.17) is 20.7 Å². The minimum absolute atomic E-state index is 0.431. The van der Waals surface area contributed by atoms with Crippen molar-refractivity contribution in [1.29, 1.82) is 0 Å². The molecule has 0 aromatic heterocycles. The maximum absolute atomic E-state index is 11.2. The molecule has 5 N–H and O–H groups in total. The molecule has 7 nitrogen and oxygen atoms in total. The molecule has 1 heterocycles. The molecule has 7 heteroatoms. The molecule has 1 rings (SSSR count). The van der Waals surface area contributed by atoms with Crippen LogP contribution in [0.5, 0.6) is 0 Å². The Hall–Kier alpha value is -1.18. The second kappa shape index (κ2) is 5.06. The number of aliphatic hydroxyl groups excluding tert-OH is 1. The number of aliphatic hydroxyl groups is 1. The minimum Gasteiger partial charge on any atom is -0.480 e. The van der Waals surface area contributed by atoms with Crippen molar-refractivity contribution in [2.75, 3.05) is 13.2 Å². The number of rotatable bonds is 4. The average molecular weight is 218 g/mol. The molecule has 0 bridgehead atoms. The molecule has 3 atom stereocenters. The van der Waals surface area contributed by atoms with Gasteiger partial charge in [-0.25, -0.2) is 0 Å². The van der Waals surface area contributed by atoms with Gasteiger partial charge in [0, 0.05) is 0 Å². The maximum Gasteiger partial charge on any atom is 0.325 e. The topological polar surface area (TPSA) is 122 Å². The van der Waals surface area contributed by atoms with Crippen molar-refractivity contribution in [2.24, 2.45) is 5.73 Å². The molecule has 0 amide bonds. The van der Waals surface area contributed by atoms with Crippen LogP contribution < -0.4 is 11.1 Å². The zero-order valence-corrected chi connectivity index (χ0v) is 8.05. The number of ether oxygens (including phenoxy) is 1. The van der Waals surface area contributed by atoms with Crippen LogP contribution in [0.4, 0.5) is 0 Å². The van der Waals surface area contributed by atoms with Crippen molar-refractivity contribution in [2.45, 2.75) is 24.6 Å². The Morgan fingerprint density at radius 1 is 1.60 bits per heavy atom. The average Bonchev–Trinajstić information content (AvgIpc) is 2.64. The van der Waals surface area contributed by atoms with Crippen LogP contribution in [0.25, 0.3) is 0 Å². The second-order valence-corrected chi connectivity index (χ2v) is 3.32. The van der Waals surface area contributed by atoms with Crippen molar-refractivity contribution in [3.8, 4) is 0 Å². The lowest BCUT2D eigenvalue weighted by Gasteiger charge is -2.18. The highest BCUT2D eigenvalue weighted by molar-refractivity contribution is 5.78. The van der Waals surface area contributed by atoms with Crippen molar-refractivity contribution in [3.05, 3.63) is 0 Å². The predicted octanol–water partition coefficient (Wildman–Crippen LogP) is -2.34. The highest BCUT2D eigenvalue weighted by Crippen LogP contribution is 2.12. The summed E-state index contributed by atoms with van der Waals surface area (Å²) in [5, 5.41) is 20.0. The van der Waals surface area contributed by atoms with E-state index in [2.05, 4.69) is 5.32 Å². The molecule has 1 unspecified atom stereocenters. The van der Waals surface area contributed by atoms with Crippen molar-refractivity contribution in [3.63, 3.8) is 0 Å². The lowest BCUT2D eigenvalue weighted by molar-refractivity contribution is -0.155. The number of carboxylic acids is 1. The van der Waals surface area contributed by atoms with Gasteiger partial charge in [-0.05, 0) is 13.0 Å². The molecule has 0 aromatic rings. The fraction of sp³-hybridized carbons (Fsp3) is 0.750. The number of carbonyl (C=O) groups excluding carboxylic acids is 1. The van der Waals surface area contributed by atoms with E-state index >= 15 is 0 Å². The van der Waals surface area contributed by atoms with Crippen molar-refractivity contribution >= 4 is 11.9 Å². The molecule has 1 aliphatic rings. The summed E-state index contributed by atoms with van der Waals surface area (Å²) in [4.78, 5) is 21.9. The Morgan fingerprint density at radius 3 is 2.80 bits per heavy atom. The van der Waals surface area contributed by atoms with Crippen LogP contribution in [0.3, 0.4) is 0 Å². The lowest BCUT2D eigenvalue weighted by atomic mass is 10.2. The smallest absolute Gasteiger partial charge is 0.325 e. The van der Waals surface area contributed by atoms with Gasteiger partial charge in [-0.2, -0.15) is 0 Å². The number of esters is 1. The van der Waals surface area contributed by atoms with Gasteiger partial charge in [0.15, 0.2) is 0 Å². The molecular formula is C8H14N2O5. The number of hydrogen-bond donors (Lipinski definition) is 4. The van der Waals surface area contributed by atoms with Crippen molar-refractivity contribution < 1.29 is 24.5 Å². The molecule has 0 saturated carbocycles. The van der Waals surface area contributed by atoms with Gasteiger partial charge in [-0.3, -0.25) is 9.59 Å². The SMILES string of the molecule is N[C@@H](CO)C(=O)OC1CCN[C@@H]1C(=O)O. The quantitative estimate of drug-likeness (QED) is 0.390. The molecule has 0 aliphatic carbocycles. The van der Waals surface area contributed by atoms with Gasteiger partial charge in [0.05, 0.1) is 6.61 Å². The molecular weight excluding hydrogens is 204 g/mol. The van der Waals surface area contributed by atoms with Crippen LogP contribution >= 0.6 is 0 Å². The van der Waals surface area contributed by atoms with Gasteiger partial charge >= 0.3 is 11.9 Å². The molecule has 1 aliphatic heterocycles. The molecule has 1 saturated heterocycles. The number of nitrogens with two attached hydrogens (primary N) is 1. The summed E-state index contributed by atoms with van der Waals surface area (Å²) in [7, 11) is 0. The van der Waals surface area contributed by atoms with Crippen LogP contribution in [0.15, 0.2) is 0 Å². The predicted molar refractivity (Wildman–Crippen MR) is 49.0 cm³/mol. The van der Waals surface area contributed by atoms with E-state index in [0.717, 1.165) is 0 Å². The van der Waals surface area contributed by atoms with E-state index in [1.807, 2.05) is 0 Å². The fourth-order valence-corrected chi connectivity index (χ4v) is 1.36. The molecule has 86 valence electrons. The van der Waals surface area contributed by atoms with E-state index in [1.165, 1.54) is 0 Å². The number of carbonyl (C=O) groups is 2. The van der Waals surface area contributed by atoms with E-state index in [-0.39, 0.29) is 0 Å². The summed E-state index contributed by atoms with van der Waals surface area (Å²) in [6, 6.07) is -2.00. The Labute approximate surface area is 86.2 Å². The van der Waals surface area contributed by atoms with Gasteiger partial charge in [-0.1, -0.05) is 0 Å². The van der Waals surface area contributed by atoms with Gasteiger partial charge in [0.1, 0.15) is 18.2 Å². The first-order chi connectivity index (χ1) is 7.06. The highest BCUT2D eigenvalue weighted by Gasteiger charge is 2.36. The molecule has 15 heavy (non-hydrogen) atoms. The van der Waals surface area contributed by atoms with E-state index < -0.39 is 36.7 Å². The number of nitrogens with one attached hydrogen (secondary N) is 1. The Balaban J connectivity index is 2.50. The minimum atomic E-state index is -1.11. The molecule has 0 aromatic carbocycles. The van der Waals surface area contributed by atoms with Gasteiger partial charge in [-0.15, -0.1) is 0 Å². The second-order valence-electron chi connectivity index (χ2n) is 3.32. The van der Waals surface area contributed by atoms with E-state index in [9.17, 15) is 9.59 Å². The number of hydrogen-bond acceptors (Lipinski definition) is 6. The summed E-state index contributed by atoms with van der Waals surface area (Å²) >= 11 is 0. The largest absolute Gasteiger partial charge is 0.480 e. The third-order valence-corrected chi connectivity index (χ3v) is 2.20. The third-order valence-electron chi connectivity index (χ3n) is 2.20. The fourth-order valence-electron chi connectivity index (χ4n) is 1.36. The zero-order chi connectivity index (χ0) is 11.4. The molecule has 0 spiro atoms. The Kier molecular flexibility index (Phi) is 4.01. The Morgan fingerprint density at radius 2 is 2.27 bits per heavy atom. The maximum atomic E-state index is 11.2. The van der Waals surface area contributed by atoms with E-state index in [1.54, 1.807) is 0 Å². The summed E-state index contributed by atoms with van der Waals surface area (Å²) in [6.07, 6.45) is -0.284. The van der Waals surface area contributed by atoms with Gasteiger partial charge in [0.2, 0.25) is 0 Å². The zero-order valence-electron chi connectivity index (χ0n) is 8.05. The van der Waals surface area contributed by atoms with Crippen LogP contribution in [0, 0.1) is 0 Å². The molecule has 1 fully saturated rings. The first-order valence-electron chi connectivity index (χ1n) is 4.59. The normalized spacial score (nSPS) is 27.3. The highest BCUT2D eigenvalue weighted by atomic mass is 16.5. The van der Waals surface area contributed by atoms with Crippen LogP contribution in [-0.2, 0) is 14.3 Å². The number of aliphatic carboxylic acids is 1. The third kappa shape index (κ3) is 2.88. The van der Waals surface area contributed by atoms with Gasteiger partial charge in [0.25, 0.3) is 0 Å². The van der Waals surface area contributed by atoms with Crippen LogP contribution in [0.2, 0.25) is 0 Å². The lowest BCUT2D eigenvalue weighted by Crippen LogP contribution is -2.44. The van der Waals surface area contributed by atoms with Crippen molar-refractivity contribution in [1.82, 2.24) is 5.32 Å². The van der Waals surface area contributed by atoms with Crippen LogP contribution in [-0.4, -0.2) is 53.5 Å².